The number of carbonyl (C=O) groups excluding carboxylic acids is 2. The van der Waals surface area contributed by atoms with Crippen LogP contribution in [0.5, 0.6) is 0 Å². The fourth-order valence-corrected chi connectivity index (χ4v) is 4.46. The molecule has 1 aliphatic heterocycles. The van der Waals surface area contributed by atoms with Gasteiger partial charge in [-0.15, -0.1) is 0 Å². The molecule has 0 aliphatic carbocycles. The summed E-state index contributed by atoms with van der Waals surface area (Å²) in [6.07, 6.45) is 5.65. The van der Waals surface area contributed by atoms with E-state index in [0.29, 0.717) is 23.4 Å². The summed E-state index contributed by atoms with van der Waals surface area (Å²) in [6.45, 7) is 2.22. The van der Waals surface area contributed by atoms with Crippen molar-refractivity contribution in [3.05, 3.63) is 114 Å². The number of rotatable bonds is 7. The summed E-state index contributed by atoms with van der Waals surface area (Å²) in [4.78, 5) is 32.5. The van der Waals surface area contributed by atoms with E-state index < -0.39 is 0 Å². The normalized spacial score (nSPS) is 12.8. The van der Waals surface area contributed by atoms with E-state index >= 15 is 0 Å². The lowest BCUT2D eigenvalue weighted by Gasteiger charge is -2.22. The highest BCUT2D eigenvalue weighted by atomic mass is 16.2. The van der Waals surface area contributed by atoms with Crippen molar-refractivity contribution >= 4 is 23.2 Å². The molecule has 6 heteroatoms. The van der Waals surface area contributed by atoms with Crippen LogP contribution < -0.4 is 15.5 Å². The monoisotopic (exact) mass is 476 g/mol. The SMILES string of the molecule is O=C(Nc1ccc(N2CCCC2)c(C(=O)NCc2cccnc2)c1)c1ccc(-c2ccccc2)cc1. The van der Waals surface area contributed by atoms with Gasteiger partial charge in [-0.05, 0) is 65.9 Å². The molecule has 36 heavy (non-hydrogen) atoms. The van der Waals surface area contributed by atoms with Crippen molar-refractivity contribution in [2.45, 2.75) is 19.4 Å². The predicted octanol–water partition coefficient (Wildman–Crippen LogP) is 5.53. The highest BCUT2D eigenvalue weighted by Gasteiger charge is 2.20. The molecule has 5 rings (SSSR count). The van der Waals surface area contributed by atoms with Gasteiger partial charge in [-0.2, -0.15) is 0 Å². The highest BCUT2D eigenvalue weighted by molar-refractivity contribution is 6.06. The number of pyridine rings is 1. The van der Waals surface area contributed by atoms with Crippen molar-refractivity contribution in [2.24, 2.45) is 0 Å². The van der Waals surface area contributed by atoms with Gasteiger partial charge in [-0.25, -0.2) is 0 Å². The number of carbonyl (C=O) groups is 2. The Labute approximate surface area is 211 Å². The first-order valence-corrected chi connectivity index (χ1v) is 12.2. The fourth-order valence-electron chi connectivity index (χ4n) is 4.46. The molecule has 0 unspecified atom stereocenters. The van der Waals surface area contributed by atoms with Crippen LogP contribution in [0.15, 0.2) is 97.3 Å². The number of hydrogen-bond donors (Lipinski definition) is 2. The van der Waals surface area contributed by atoms with Crippen LogP contribution in [-0.4, -0.2) is 29.9 Å². The van der Waals surface area contributed by atoms with Gasteiger partial charge in [0, 0.05) is 49.0 Å². The lowest BCUT2D eigenvalue weighted by atomic mass is 10.0. The molecule has 0 radical (unpaired) electrons. The van der Waals surface area contributed by atoms with E-state index in [-0.39, 0.29) is 11.8 Å². The first kappa shape index (κ1) is 23.3. The Morgan fingerprint density at radius 2 is 1.56 bits per heavy atom. The lowest BCUT2D eigenvalue weighted by molar-refractivity contribution is 0.0950. The first-order valence-electron chi connectivity index (χ1n) is 12.2. The van der Waals surface area contributed by atoms with Crippen molar-refractivity contribution in [2.75, 3.05) is 23.3 Å². The molecule has 2 N–H and O–H groups in total. The number of aromatic nitrogens is 1. The van der Waals surface area contributed by atoms with Crippen molar-refractivity contribution in [3.63, 3.8) is 0 Å². The number of hydrogen-bond acceptors (Lipinski definition) is 4. The number of nitrogens with zero attached hydrogens (tertiary/aromatic N) is 2. The fraction of sp³-hybridized carbons (Fsp3) is 0.167. The second kappa shape index (κ2) is 10.9. The minimum Gasteiger partial charge on any atom is -0.371 e. The molecule has 180 valence electrons. The third kappa shape index (κ3) is 5.44. The van der Waals surface area contributed by atoms with E-state index in [9.17, 15) is 9.59 Å². The average Bonchev–Trinajstić information content (AvgIpc) is 3.48. The molecule has 2 heterocycles. The molecule has 0 saturated carbocycles. The van der Waals surface area contributed by atoms with E-state index in [1.54, 1.807) is 18.5 Å². The zero-order chi connectivity index (χ0) is 24.7. The minimum atomic E-state index is -0.217. The van der Waals surface area contributed by atoms with E-state index in [4.69, 9.17) is 0 Å². The van der Waals surface area contributed by atoms with Gasteiger partial charge in [0.1, 0.15) is 0 Å². The van der Waals surface area contributed by atoms with Crippen LogP contribution in [0.25, 0.3) is 11.1 Å². The second-order valence-electron chi connectivity index (χ2n) is 8.87. The topological polar surface area (TPSA) is 74.3 Å². The molecule has 0 atom stereocenters. The first-order chi connectivity index (χ1) is 17.7. The molecule has 1 aliphatic rings. The van der Waals surface area contributed by atoms with Crippen molar-refractivity contribution in [1.82, 2.24) is 10.3 Å². The molecule has 1 aromatic heterocycles. The molecule has 6 nitrogen and oxygen atoms in total. The van der Waals surface area contributed by atoms with Gasteiger partial charge in [-0.3, -0.25) is 14.6 Å². The van der Waals surface area contributed by atoms with Crippen LogP contribution in [0.2, 0.25) is 0 Å². The lowest BCUT2D eigenvalue weighted by Crippen LogP contribution is -2.27. The third-order valence-electron chi connectivity index (χ3n) is 6.38. The van der Waals surface area contributed by atoms with Gasteiger partial charge in [0.05, 0.1) is 5.56 Å². The van der Waals surface area contributed by atoms with Crippen LogP contribution >= 0.6 is 0 Å². The van der Waals surface area contributed by atoms with Gasteiger partial charge in [0.25, 0.3) is 11.8 Å². The van der Waals surface area contributed by atoms with Crippen molar-refractivity contribution < 1.29 is 9.59 Å². The highest BCUT2D eigenvalue weighted by Crippen LogP contribution is 2.28. The van der Waals surface area contributed by atoms with Gasteiger partial charge in [0.15, 0.2) is 0 Å². The summed E-state index contributed by atoms with van der Waals surface area (Å²) < 4.78 is 0. The van der Waals surface area contributed by atoms with Crippen LogP contribution in [-0.2, 0) is 6.54 Å². The molecular formula is C30H28N4O2. The zero-order valence-electron chi connectivity index (χ0n) is 20.0. The summed E-state index contributed by atoms with van der Waals surface area (Å²) in [7, 11) is 0. The Morgan fingerprint density at radius 3 is 2.28 bits per heavy atom. The Hall–Kier alpha value is -4.45. The Bertz CT molecular complexity index is 1330. The standard InChI is InChI=1S/C30H28N4O2/c35-29(25-12-10-24(11-13-25)23-8-2-1-3-9-23)33-26-14-15-28(34-17-4-5-18-34)27(19-26)30(36)32-21-22-7-6-16-31-20-22/h1-3,6-16,19-20H,4-5,17-18,21H2,(H,32,36)(H,33,35). The third-order valence-corrected chi connectivity index (χ3v) is 6.38. The molecule has 4 aromatic rings. The number of benzene rings is 3. The molecule has 1 fully saturated rings. The summed E-state index contributed by atoms with van der Waals surface area (Å²) in [5.41, 5.74) is 5.66. The van der Waals surface area contributed by atoms with Gasteiger partial charge < -0.3 is 15.5 Å². The quantitative estimate of drug-likeness (QED) is 0.368. The van der Waals surface area contributed by atoms with Gasteiger partial charge in [-0.1, -0.05) is 48.5 Å². The Kier molecular flexibility index (Phi) is 7.03. The Morgan fingerprint density at radius 1 is 0.806 bits per heavy atom. The minimum absolute atomic E-state index is 0.177. The number of nitrogens with one attached hydrogen (secondary N) is 2. The van der Waals surface area contributed by atoms with E-state index in [1.165, 1.54) is 0 Å². The van der Waals surface area contributed by atoms with Crippen LogP contribution in [0.1, 0.15) is 39.1 Å². The second-order valence-corrected chi connectivity index (χ2v) is 8.87. The molecule has 0 bridgehead atoms. The summed E-state index contributed by atoms with van der Waals surface area (Å²) in [6, 6.07) is 26.9. The summed E-state index contributed by atoms with van der Waals surface area (Å²) in [5.74, 6) is -0.394. The van der Waals surface area contributed by atoms with Crippen LogP contribution in [0.4, 0.5) is 11.4 Å². The zero-order valence-corrected chi connectivity index (χ0v) is 20.0. The van der Waals surface area contributed by atoms with Crippen LogP contribution in [0.3, 0.4) is 0 Å². The molecule has 2 amide bonds. The maximum Gasteiger partial charge on any atom is 0.255 e. The number of anilines is 2. The predicted molar refractivity (Wildman–Crippen MR) is 143 cm³/mol. The van der Waals surface area contributed by atoms with E-state index in [1.807, 2.05) is 78.9 Å². The van der Waals surface area contributed by atoms with Gasteiger partial charge >= 0.3 is 0 Å². The molecule has 0 spiro atoms. The largest absolute Gasteiger partial charge is 0.371 e. The van der Waals surface area contributed by atoms with Crippen molar-refractivity contribution in [1.29, 1.82) is 0 Å². The van der Waals surface area contributed by atoms with E-state index in [2.05, 4.69) is 20.5 Å². The molecule has 1 saturated heterocycles. The number of amides is 2. The smallest absolute Gasteiger partial charge is 0.255 e. The average molecular weight is 477 g/mol. The van der Waals surface area contributed by atoms with Gasteiger partial charge in [0.2, 0.25) is 0 Å². The maximum absolute atomic E-state index is 13.2. The Balaban J connectivity index is 1.33. The summed E-state index contributed by atoms with van der Waals surface area (Å²) >= 11 is 0. The van der Waals surface area contributed by atoms with E-state index in [0.717, 1.165) is 48.3 Å². The molecule has 3 aromatic carbocycles. The maximum atomic E-state index is 13.2. The summed E-state index contributed by atoms with van der Waals surface area (Å²) in [5, 5.41) is 5.95. The molecular weight excluding hydrogens is 448 g/mol. The van der Waals surface area contributed by atoms with Crippen LogP contribution in [0, 0.1) is 0 Å². The van der Waals surface area contributed by atoms with Crippen molar-refractivity contribution in [3.8, 4) is 11.1 Å².